The predicted octanol–water partition coefficient (Wildman–Crippen LogP) is 2.63. The van der Waals surface area contributed by atoms with Crippen molar-refractivity contribution in [2.45, 2.75) is 18.7 Å². The van der Waals surface area contributed by atoms with E-state index in [0.29, 0.717) is 16.3 Å². The van der Waals surface area contributed by atoms with Gasteiger partial charge < -0.3 is 11.1 Å². The number of hydrogen-bond donors (Lipinski definition) is 2. The van der Waals surface area contributed by atoms with Crippen molar-refractivity contribution in [3.05, 3.63) is 53.6 Å². The predicted molar refractivity (Wildman–Crippen MR) is 86.7 cm³/mol. The van der Waals surface area contributed by atoms with Crippen molar-refractivity contribution in [1.29, 1.82) is 0 Å². The molecular weight excluding hydrogens is 284 g/mol. The Hall–Kier alpha value is -2.14. The molecule has 2 rings (SSSR count). The fourth-order valence-electron chi connectivity index (χ4n) is 2.07. The second-order valence-electron chi connectivity index (χ2n) is 4.93. The first-order valence-corrected chi connectivity index (χ1v) is 7.88. The molecule has 0 radical (unpaired) electrons. The highest BCUT2D eigenvalue weighted by Gasteiger charge is 2.12. The molecule has 0 aliphatic heterocycles. The third-order valence-electron chi connectivity index (χ3n) is 3.01. The van der Waals surface area contributed by atoms with Crippen LogP contribution in [0, 0.1) is 13.8 Å². The number of nitrogens with one attached hydrogen (secondary N) is 1. The highest BCUT2D eigenvalue weighted by atomic mass is 32.2. The van der Waals surface area contributed by atoms with Gasteiger partial charge in [-0.1, -0.05) is 23.8 Å². The average molecular weight is 302 g/mol. The maximum atomic E-state index is 12.3. The van der Waals surface area contributed by atoms with Crippen LogP contribution in [0.4, 0.5) is 11.4 Å². The maximum Gasteiger partial charge on any atom is 0.237 e. The highest BCUT2D eigenvalue weighted by molar-refractivity contribution is 7.85. The van der Waals surface area contributed by atoms with Crippen molar-refractivity contribution in [1.82, 2.24) is 0 Å². The van der Waals surface area contributed by atoms with Gasteiger partial charge in [-0.3, -0.25) is 9.00 Å². The Morgan fingerprint density at radius 2 is 1.95 bits per heavy atom. The maximum absolute atomic E-state index is 12.3. The molecule has 1 atom stereocenters. The summed E-state index contributed by atoms with van der Waals surface area (Å²) in [6.45, 7) is 3.88. The number of nitrogen functional groups attached to an aromatic ring is 1. The Balaban J connectivity index is 2.04. The summed E-state index contributed by atoms with van der Waals surface area (Å²) in [5.74, 6) is -0.363. The van der Waals surface area contributed by atoms with E-state index in [4.69, 9.17) is 5.73 Å². The van der Waals surface area contributed by atoms with Gasteiger partial charge in [0.2, 0.25) is 5.91 Å². The first-order chi connectivity index (χ1) is 9.95. The van der Waals surface area contributed by atoms with Crippen molar-refractivity contribution in [3.8, 4) is 0 Å². The zero-order chi connectivity index (χ0) is 15.4. The number of nitrogens with two attached hydrogens (primary N) is 1. The van der Waals surface area contributed by atoms with Crippen molar-refractivity contribution >= 4 is 28.1 Å². The van der Waals surface area contributed by atoms with Crippen molar-refractivity contribution < 1.29 is 9.00 Å². The van der Waals surface area contributed by atoms with E-state index >= 15 is 0 Å². The van der Waals surface area contributed by atoms with Crippen LogP contribution in [0.1, 0.15) is 11.1 Å². The molecule has 4 nitrogen and oxygen atoms in total. The summed E-state index contributed by atoms with van der Waals surface area (Å²) in [4.78, 5) is 12.6. The van der Waals surface area contributed by atoms with Gasteiger partial charge in [0.25, 0.3) is 0 Å². The molecule has 0 bridgehead atoms. The summed E-state index contributed by atoms with van der Waals surface area (Å²) in [7, 11) is -1.36. The smallest absolute Gasteiger partial charge is 0.237 e. The minimum Gasteiger partial charge on any atom is -0.399 e. The molecule has 0 fully saturated rings. The van der Waals surface area contributed by atoms with Crippen LogP contribution >= 0.6 is 0 Å². The zero-order valence-electron chi connectivity index (χ0n) is 12.1. The van der Waals surface area contributed by atoms with Crippen molar-refractivity contribution in [2.75, 3.05) is 16.8 Å². The Bertz CT molecular complexity index is 698. The fourth-order valence-corrected chi connectivity index (χ4v) is 3.17. The van der Waals surface area contributed by atoms with Crippen LogP contribution in [0.3, 0.4) is 0 Å². The minimum absolute atomic E-state index is 0.0707. The van der Waals surface area contributed by atoms with E-state index in [1.54, 1.807) is 24.3 Å². The highest BCUT2D eigenvalue weighted by Crippen LogP contribution is 2.16. The lowest BCUT2D eigenvalue weighted by molar-refractivity contribution is -0.113. The Morgan fingerprint density at radius 1 is 1.19 bits per heavy atom. The summed E-state index contributed by atoms with van der Waals surface area (Å²) >= 11 is 0. The number of carbonyl (C=O) groups is 1. The first kappa shape index (κ1) is 15.3. The van der Waals surface area contributed by atoms with E-state index in [1.807, 2.05) is 32.0 Å². The molecule has 0 heterocycles. The van der Waals surface area contributed by atoms with E-state index in [9.17, 15) is 9.00 Å². The van der Waals surface area contributed by atoms with Gasteiger partial charge in [0, 0.05) is 16.3 Å². The van der Waals surface area contributed by atoms with Gasteiger partial charge in [-0.05, 0) is 43.7 Å². The number of rotatable bonds is 4. The molecule has 2 aromatic carbocycles. The summed E-state index contributed by atoms with van der Waals surface area (Å²) in [5.41, 5.74) is 8.87. The summed E-state index contributed by atoms with van der Waals surface area (Å²) < 4.78 is 12.3. The van der Waals surface area contributed by atoms with Gasteiger partial charge in [0.15, 0.2) is 0 Å². The van der Waals surface area contributed by atoms with E-state index in [2.05, 4.69) is 5.32 Å². The normalized spacial score (nSPS) is 11.9. The molecule has 0 aliphatic rings. The molecule has 0 saturated carbocycles. The molecule has 1 unspecified atom stereocenters. The molecule has 110 valence electrons. The third kappa shape index (κ3) is 4.16. The number of anilines is 2. The third-order valence-corrected chi connectivity index (χ3v) is 4.48. The van der Waals surface area contributed by atoms with Crippen LogP contribution in [0.25, 0.3) is 0 Å². The lowest BCUT2D eigenvalue weighted by Crippen LogP contribution is -2.20. The van der Waals surface area contributed by atoms with Gasteiger partial charge in [0.1, 0.15) is 5.75 Å². The largest absolute Gasteiger partial charge is 0.399 e. The van der Waals surface area contributed by atoms with Gasteiger partial charge in [-0.15, -0.1) is 0 Å². The second-order valence-corrected chi connectivity index (χ2v) is 6.35. The Labute approximate surface area is 126 Å². The molecule has 0 saturated heterocycles. The standard InChI is InChI=1S/C16H18N2O2S/c1-11-6-7-15(12(2)8-11)21(20)10-16(19)18-14-5-3-4-13(17)9-14/h3-9H,10,17H2,1-2H3,(H,18,19). The second kappa shape index (κ2) is 6.54. The fraction of sp³-hybridized carbons (Fsp3) is 0.188. The van der Waals surface area contributed by atoms with E-state index in [1.165, 1.54) is 0 Å². The van der Waals surface area contributed by atoms with Crippen LogP contribution in [-0.2, 0) is 15.6 Å². The molecule has 21 heavy (non-hydrogen) atoms. The quantitative estimate of drug-likeness (QED) is 0.853. The summed E-state index contributed by atoms with van der Waals surface area (Å²) in [5, 5.41) is 2.70. The first-order valence-electron chi connectivity index (χ1n) is 6.57. The number of carbonyl (C=O) groups excluding carboxylic acids is 1. The van der Waals surface area contributed by atoms with E-state index < -0.39 is 10.8 Å². The number of benzene rings is 2. The van der Waals surface area contributed by atoms with Crippen LogP contribution in [0.15, 0.2) is 47.4 Å². The van der Waals surface area contributed by atoms with Crippen LogP contribution in [0.5, 0.6) is 0 Å². The van der Waals surface area contributed by atoms with Gasteiger partial charge in [-0.2, -0.15) is 0 Å². The monoisotopic (exact) mass is 302 g/mol. The molecule has 2 aromatic rings. The van der Waals surface area contributed by atoms with Crippen LogP contribution in [0.2, 0.25) is 0 Å². The van der Waals surface area contributed by atoms with Crippen molar-refractivity contribution in [2.24, 2.45) is 0 Å². The van der Waals surface area contributed by atoms with Gasteiger partial charge in [-0.25, -0.2) is 0 Å². The summed E-state index contributed by atoms with van der Waals surface area (Å²) in [6.07, 6.45) is 0. The molecular formula is C16H18N2O2S. The van der Waals surface area contributed by atoms with Gasteiger partial charge in [0.05, 0.1) is 10.8 Å². The number of aryl methyl sites for hydroxylation is 2. The lowest BCUT2D eigenvalue weighted by atomic mass is 10.2. The molecule has 3 N–H and O–H groups in total. The molecule has 5 heteroatoms. The number of hydrogen-bond acceptors (Lipinski definition) is 3. The minimum atomic E-state index is -1.36. The Kier molecular flexibility index (Phi) is 4.75. The Morgan fingerprint density at radius 3 is 2.62 bits per heavy atom. The zero-order valence-corrected chi connectivity index (χ0v) is 12.9. The molecule has 0 spiro atoms. The van der Waals surface area contributed by atoms with E-state index in [0.717, 1.165) is 11.1 Å². The number of amides is 1. The SMILES string of the molecule is Cc1ccc(S(=O)CC(=O)Nc2cccc(N)c2)c(C)c1. The van der Waals surface area contributed by atoms with Crippen molar-refractivity contribution in [3.63, 3.8) is 0 Å². The van der Waals surface area contributed by atoms with E-state index in [-0.39, 0.29) is 11.7 Å². The van der Waals surface area contributed by atoms with Crippen LogP contribution in [-0.4, -0.2) is 15.9 Å². The topological polar surface area (TPSA) is 72.2 Å². The molecule has 0 aliphatic carbocycles. The van der Waals surface area contributed by atoms with Crippen LogP contribution < -0.4 is 11.1 Å². The average Bonchev–Trinajstić information content (AvgIpc) is 2.38. The summed E-state index contributed by atoms with van der Waals surface area (Å²) in [6, 6.07) is 12.6. The molecule has 1 amide bonds. The lowest BCUT2D eigenvalue weighted by Gasteiger charge is -2.08. The van der Waals surface area contributed by atoms with Gasteiger partial charge >= 0.3 is 0 Å². The molecule has 0 aromatic heterocycles.